The highest BCUT2D eigenvalue weighted by molar-refractivity contribution is 6.31. The van der Waals surface area contributed by atoms with Gasteiger partial charge in [-0.3, -0.25) is 0 Å². The van der Waals surface area contributed by atoms with E-state index in [0.717, 1.165) is 47.3 Å². The quantitative estimate of drug-likeness (QED) is 0.841. The molecule has 0 radical (unpaired) electrons. The number of aryl methyl sites for hydroxylation is 1. The fraction of sp³-hybridized carbons (Fsp3) is 0.357. The highest BCUT2D eigenvalue weighted by atomic mass is 35.5. The van der Waals surface area contributed by atoms with Crippen molar-refractivity contribution < 1.29 is 4.42 Å². The number of benzene rings is 1. The molecule has 0 saturated heterocycles. The first-order valence-electron chi connectivity index (χ1n) is 6.12. The molecule has 3 nitrogen and oxygen atoms in total. The molecular weight excluding hydrogens is 248 g/mol. The van der Waals surface area contributed by atoms with Gasteiger partial charge in [-0.05, 0) is 25.1 Å². The molecule has 0 saturated carbocycles. The van der Waals surface area contributed by atoms with Gasteiger partial charge >= 0.3 is 0 Å². The third-order valence-corrected chi connectivity index (χ3v) is 3.18. The summed E-state index contributed by atoms with van der Waals surface area (Å²) in [7, 11) is 0. The Bertz CT molecular complexity index is 522. The van der Waals surface area contributed by atoms with E-state index in [-0.39, 0.29) is 0 Å². The maximum atomic E-state index is 6.10. The topological polar surface area (TPSA) is 38.1 Å². The van der Waals surface area contributed by atoms with Crippen molar-refractivity contribution in [2.45, 2.75) is 20.3 Å². The van der Waals surface area contributed by atoms with Crippen molar-refractivity contribution in [2.75, 3.05) is 13.1 Å². The summed E-state index contributed by atoms with van der Waals surface area (Å²) in [5, 5.41) is 3.99. The van der Waals surface area contributed by atoms with Crippen LogP contribution >= 0.6 is 11.6 Å². The zero-order valence-electron chi connectivity index (χ0n) is 10.7. The first-order chi connectivity index (χ1) is 8.70. The third kappa shape index (κ3) is 3.12. The monoisotopic (exact) mass is 264 g/mol. The van der Waals surface area contributed by atoms with Crippen LogP contribution in [0.1, 0.15) is 18.4 Å². The third-order valence-electron chi connectivity index (χ3n) is 2.78. The lowest BCUT2D eigenvalue weighted by Crippen LogP contribution is -2.16. The van der Waals surface area contributed by atoms with Crippen LogP contribution in [-0.4, -0.2) is 18.1 Å². The van der Waals surface area contributed by atoms with Gasteiger partial charge in [0.1, 0.15) is 0 Å². The van der Waals surface area contributed by atoms with E-state index >= 15 is 0 Å². The lowest BCUT2D eigenvalue weighted by molar-refractivity contribution is 0.497. The van der Waals surface area contributed by atoms with Crippen LogP contribution in [-0.2, 0) is 6.42 Å². The van der Waals surface area contributed by atoms with Gasteiger partial charge in [-0.25, -0.2) is 4.98 Å². The molecular formula is C14H17ClN2O. The van der Waals surface area contributed by atoms with Crippen molar-refractivity contribution in [1.29, 1.82) is 0 Å². The number of hydrogen-bond donors (Lipinski definition) is 1. The number of likely N-dealkylation sites (N-methyl/N-ethyl adjacent to an activating group) is 1. The molecule has 1 N–H and O–H groups in total. The molecule has 0 spiro atoms. The Morgan fingerprint density at radius 2 is 2.22 bits per heavy atom. The Kier molecular flexibility index (Phi) is 4.39. The molecule has 2 aromatic rings. The molecule has 0 fully saturated rings. The van der Waals surface area contributed by atoms with Crippen molar-refractivity contribution in [2.24, 2.45) is 0 Å². The smallest absolute Gasteiger partial charge is 0.196 e. The second-order valence-corrected chi connectivity index (χ2v) is 4.59. The summed E-state index contributed by atoms with van der Waals surface area (Å²) in [6.07, 6.45) is 2.55. The normalized spacial score (nSPS) is 10.8. The van der Waals surface area contributed by atoms with Gasteiger partial charge < -0.3 is 9.73 Å². The molecule has 4 heteroatoms. The number of rotatable bonds is 5. The predicted molar refractivity (Wildman–Crippen MR) is 73.9 cm³/mol. The van der Waals surface area contributed by atoms with Crippen LogP contribution < -0.4 is 5.32 Å². The number of nitrogens with one attached hydrogen (secondary N) is 1. The Balaban J connectivity index is 2.11. The van der Waals surface area contributed by atoms with Gasteiger partial charge in [0.05, 0.1) is 6.20 Å². The minimum absolute atomic E-state index is 0.748. The summed E-state index contributed by atoms with van der Waals surface area (Å²) in [4.78, 5) is 4.27. The number of halogens is 1. The molecule has 18 heavy (non-hydrogen) atoms. The van der Waals surface area contributed by atoms with E-state index in [1.165, 1.54) is 0 Å². The van der Waals surface area contributed by atoms with E-state index in [1.807, 2.05) is 25.1 Å². The molecule has 1 aromatic carbocycles. The van der Waals surface area contributed by atoms with E-state index in [4.69, 9.17) is 16.0 Å². The molecule has 0 atom stereocenters. The average Bonchev–Trinajstić information content (AvgIpc) is 2.82. The van der Waals surface area contributed by atoms with Crippen LogP contribution in [0.15, 0.2) is 28.8 Å². The zero-order chi connectivity index (χ0) is 13.0. The van der Waals surface area contributed by atoms with Gasteiger partial charge in [0.2, 0.25) is 0 Å². The first-order valence-corrected chi connectivity index (χ1v) is 6.50. The van der Waals surface area contributed by atoms with Crippen LogP contribution in [0.2, 0.25) is 5.02 Å². The van der Waals surface area contributed by atoms with Gasteiger partial charge in [-0.15, -0.1) is 0 Å². The van der Waals surface area contributed by atoms with Gasteiger partial charge in [0, 0.05) is 23.6 Å². The van der Waals surface area contributed by atoms with E-state index in [9.17, 15) is 0 Å². The number of hydrogen-bond acceptors (Lipinski definition) is 3. The standard InChI is InChI=1S/C14H17ClN2O/c1-3-16-7-6-14-17-9-13(18-14)11-5-4-10(2)12(15)8-11/h4-5,8-9,16H,3,6-7H2,1-2H3. The number of oxazole rings is 1. The maximum Gasteiger partial charge on any atom is 0.196 e. The van der Waals surface area contributed by atoms with Crippen LogP contribution in [0, 0.1) is 6.92 Å². The Labute approximate surface area is 112 Å². The van der Waals surface area contributed by atoms with Gasteiger partial charge in [-0.2, -0.15) is 0 Å². The molecule has 1 heterocycles. The molecule has 0 aliphatic carbocycles. The fourth-order valence-electron chi connectivity index (χ4n) is 1.68. The SMILES string of the molecule is CCNCCc1ncc(-c2ccc(C)c(Cl)c2)o1. The largest absolute Gasteiger partial charge is 0.441 e. The fourth-order valence-corrected chi connectivity index (χ4v) is 1.86. The van der Waals surface area contributed by atoms with Crippen LogP contribution in [0.25, 0.3) is 11.3 Å². The average molecular weight is 265 g/mol. The van der Waals surface area contributed by atoms with Crippen molar-refractivity contribution in [3.8, 4) is 11.3 Å². The maximum absolute atomic E-state index is 6.10. The first kappa shape index (κ1) is 13.1. The lowest BCUT2D eigenvalue weighted by Gasteiger charge is -2.00. The summed E-state index contributed by atoms with van der Waals surface area (Å²) in [6.45, 7) is 5.90. The van der Waals surface area contributed by atoms with Crippen LogP contribution in [0.5, 0.6) is 0 Å². The summed E-state index contributed by atoms with van der Waals surface area (Å²) in [5.74, 6) is 1.52. The second-order valence-electron chi connectivity index (χ2n) is 4.19. The minimum atomic E-state index is 0.748. The Morgan fingerprint density at radius 1 is 1.39 bits per heavy atom. The Morgan fingerprint density at radius 3 is 2.94 bits per heavy atom. The number of aromatic nitrogens is 1. The van der Waals surface area contributed by atoms with E-state index in [2.05, 4.69) is 17.2 Å². The van der Waals surface area contributed by atoms with Crippen molar-refractivity contribution >= 4 is 11.6 Å². The summed E-state index contributed by atoms with van der Waals surface area (Å²) in [5.41, 5.74) is 2.03. The van der Waals surface area contributed by atoms with E-state index in [1.54, 1.807) is 6.20 Å². The zero-order valence-corrected chi connectivity index (χ0v) is 11.4. The van der Waals surface area contributed by atoms with E-state index in [0.29, 0.717) is 0 Å². The van der Waals surface area contributed by atoms with Crippen molar-refractivity contribution in [1.82, 2.24) is 10.3 Å². The molecule has 0 aliphatic heterocycles. The molecule has 1 aromatic heterocycles. The lowest BCUT2D eigenvalue weighted by atomic mass is 10.1. The minimum Gasteiger partial charge on any atom is -0.441 e. The van der Waals surface area contributed by atoms with Gasteiger partial charge in [-0.1, -0.05) is 30.7 Å². The molecule has 0 bridgehead atoms. The molecule has 2 rings (SSSR count). The van der Waals surface area contributed by atoms with Gasteiger partial charge in [0.15, 0.2) is 11.7 Å². The summed E-state index contributed by atoms with van der Waals surface area (Å²) in [6, 6.07) is 5.89. The summed E-state index contributed by atoms with van der Waals surface area (Å²) < 4.78 is 5.70. The van der Waals surface area contributed by atoms with Crippen LogP contribution in [0.3, 0.4) is 0 Å². The predicted octanol–water partition coefficient (Wildman–Crippen LogP) is 3.46. The van der Waals surface area contributed by atoms with Crippen LogP contribution in [0.4, 0.5) is 0 Å². The van der Waals surface area contributed by atoms with Gasteiger partial charge in [0.25, 0.3) is 0 Å². The highest BCUT2D eigenvalue weighted by Gasteiger charge is 2.07. The molecule has 0 aliphatic rings. The molecule has 96 valence electrons. The van der Waals surface area contributed by atoms with E-state index < -0.39 is 0 Å². The Hall–Kier alpha value is -1.32. The molecule has 0 unspecified atom stereocenters. The molecule has 0 amide bonds. The number of nitrogens with zero attached hydrogens (tertiary/aromatic N) is 1. The van der Waals surface area contributed by atoms with Crippen molar-refractivity contribution in [3.05, 3.63) is 40.9 Å². The van der Waals surface area contributed by atoms with Crippen molar-refractivity contribution in [3.63, 3.8) is 0 Å². The summed E-state index contributed by atoms with van der Waals surface area (Å²) >= 11 is 6.10. The highest BCUT2D eigenvalue weighted by Crippen LogP contribution is 2.25. The second kappa shape index (κ2) is 6.03.